The zero-order valence-corrected chi connectivity index (χ0v) is 22.0. The van der Waals surface area contributed by atoms with E-state index in [-0.39, 0.29) is 18.3 Å². The van der Waals surface area contributed by atoms with Crippen molar-refractivity contribution in [3.8, 4) is 0 Å². The number of carbonyl (C=O) groups is 3. The molecular weight excluding hydrogens is 462 g/mol. The molecule has 8 nitrogen and oxygen atoms in total. The summed E-state index contributed by atoms with van der Waals surface area (Å²) >= 11 is 0. The Labute approximate surface area is 213 Å². The molecule has 6 rings (SSSR count). The highest BCUT2D eigenvalue weighted by Crippen LogP contribution is 2.73. The Kier molecular flexibility index (Phi) is 6.11. The molecule has 0 amide bonds. The average Bonchev–Trinajstić information content (AvgIpc) is 2.83. The molecule has 3 saturated carbocycles. The van der Waals surface area contributed by atoms with Gasteiger partial charge in [-0.3, -0.25) is 14.4 Å². The lowest BCUT2D eigenvalue weighted by Crippen LogP contribution is -2.86. The van der Waals surface area contributed by atoms with Gasteiger partial charge in [-0.1, -0.05) is 26.0 Å². The van der Waals surface area contributed by atoms with Crippen molar-refractivity contribution in [1.82, 2.24) is 5.32 Å². The van der Waals surface area contributed by atoms with Crippen molar-refractivity contribution < 1.29 is 34.1 Å². The molecule has 0 aromatic carbocycles. The Morgan fingerprint density at radius 1 is 1.14 bits per heavy atom. The number of hydrogen-bond acceptors (Lipinski definition) is 8. The quantitative estimate of drug-likeness (QED) is 0.394. The van der Waals surface area contributed by atoms with Gasteiger partial charge in [-0.15, -0.1) is 0 Å². The molecule has 200 valence electrons. The van der Waals surface area contributed by atoms with Gasteiger partial charge in [-0.25, -0.2) is 0 Å². The van der Waals surface area contributed by atoms with Gasteiger partial charge in [0.15, 0.2) is 0 Å². The first-order valence-electron chi connectivity index (χ1n) is 13.5. The Hall–Kier alpha value is -1.61. The zero-order valence-electron chi connectivity index (χ0n) is 22.0. The van der Waals surface area contributed by atoms with Gasteiger partial charge < -0.3 is 25.0 Å². The van der Waals surface area contributed by atoms with Gasteiger partial charge in [-0.2, -0.15) is 0 Å². The molecule has 3 saturated heterocycles. The van der Waals surface area contributed by atoms with Crippen molar-refractivity contribution in [3.63, 3.8) is 0 Å². The molecule has 0 aromatic rings. The monoisotopic (exact) mass is 503 g/mol. The molecule has 6 fully saturated rings. The predicted molar refractivity (Wildman–Crippen MR) is 130 cm³/mol. The van der Waals surface area contributed by atoms with Crippen molar-refractivity contribution >= 4 is 17.5 Å². The van der Waals surface area contributed by atoms with Crippen LogP contribution in [-0.2, 0) is 23.9 Å². The van der Waals surface area contributed by atoms with Crippen molar-refractivity contribution in [3.05, 3.63) is 12.2 Å². The van der Waals surface area contributed by atoms with Gasteiger partial charge in [0.2, 0.25) is 5.79 Å². The number of carbonyl (C=O) groups excluding carboxylic acids is 3. The van der Waals surface area contributed by atoms with Gasteiger partial charge in [-0.05, 0) is 70.4 Å². The summed E-state index contributed by atoms with van der Waals surface area (Å²) in [6, 6.07) is 0. The number of rotatable bonds is 4. The molecule has 0 unspecified atom stereocenters. The van der Waals surface area contributed by atoms with E-state index >= 15 is 0 Å². The number of fused-ring (bicyclic) bond motifs is 1. The normalized spacial score (nSPS) is 45.9. The molecule has 1 spiro atoms. The molecule has 6 aliphatic rings. The van der Waals surface area contributed by atoms with Crippen LogP contribution in [0.5, 0.6) is 0 Å². The van der Waals surface area contributed by atoms with E-state index in [0.717, 1.165) is 5.57 Å². The minimum Gasteiger partial charge on any atom is -0.460 e. The van der Waals surface area contributed by atoms with E-state index < -0.39 is 63.7 Å². The molecular formula is C28H41NO7. The summed E-state index contributed by atoms with van der Waals surface area (Å²) < 4.78 is 12.3. The first-order chi connectivity index (χ1) is 16.9. The lowest BCUT2D eigenvalue weighted by atomic mass is 9.34. The molecule has 3 aliphatic heterocycles. The van der Waals surface area contributed by atoms with E-state index in [1.165, 1.54) is 6.92 Å². The molecule has 2 bridgehead atoms. The fourth-order valence-corrected chi connectivity index (χ4v) is 9.01. The molecule has 0 radical (unpaired) electrons. The highest BCUT2D eigenvalue weighted by atomic mass is 16.6. The lowest BCUT2D eigenvalue weighted by Gasteiger charge is -2.74. The second kappa shape index (κ2) is 8.45. The van der Waals surface area contributed by atoms with E-state index in [2.05, 4.69) is 11.9 Å². The Morgan fingerprint density at radius 3 is 2.42 bits per heavy atom. The summed E-state index contributed by atoms with van der Waals surface area (Å²) in [5.74, 6) is -5.03. The van der Waals surface area contributed by atoms with Crippen LogP contribution in [0.4, 0.5) is 0 Å². The number of esters is 1. The highest BCUT2D eigenvalue weighted by Gasteiger charge is 2.85. The third-order valence-electron chi connectivity index (χ3n) is 10.6. The predicted octanol–water partition coefficient (Wildman–Crippen LogP) is 2.16. The molecule has 3 aliphatic carbocycles. The summed E-state index contributed by atoms with van der Waals surface area (Å²) in [5, 5.41) is 27.4. The van der Waals surface area contributed by atoms with Crippen molar-refractivity contribution in [2.75, 3.05) is 19.7 Å². The molecule has 8 heteroatoms. The van der Waals surface area contributed by atoms with Crippen LogP contribution >= 0.6 is 0 Å². The smallest absolute Gasteiger partial charge is 0.309 e. The summed E-state index contributed by atoms with van der Waals surface area (Å²) in [4.78, 5) is 41.2. The summed E-state index contributed by atoms with van der Waals surface area (Å²) in [6.07, 6.45) is 0.672. The van der Waals surface area contributed by atoms with E-state index in [1.54, 1.807) is 0 Å². The van der Waals surface area contributed by atoms with Crippen LogP contribution in [-0.4, -0.2) is 65.4 Å². The van der Waals surface area contributed by atoms with Crippen LogP contribution in [0.1, 0.15) is 66.2 Å². The zero-order chi connectivity index (χ0) is 26.3. The van der Waals surface area contributed by atoms with Crippen molar-refractivity contribution in [2.24, 2.45) is 39.9 Å². The second-order valence-corrected chi connectivity index (χ2v) is 12.7. The number of ketones is 2. The highest BCUT2D eigenvalue weighted by molar-refractivity contribution is 5.92. The summed E-state index contributed by atoms with van der Waals surface area (Å²) in [5.41, 5.74) is -2.60. The minimum absolute atomic E-state index is 0.0274. The average molecular weight is 504 g/mol. The molecule has 36 heavy (non-hydrogen) atoms. The number of Topliss-reactive ketones (excluding diaryl/α,β-unsaturated/α-hetero) is 2. The van der Waals surface area contributed by atoms with Gasteiger partial charge in [0.05, 0.1) is 17.9 Å². The van der Waals surface area contributed by atoms with E-state index in [1.807, 2.05) is 20.8 Å². The van der Waals surface area contributed by atoms with Crippen molar-refractivity contribution in [2.45, 2.75) is 84.2 Å². The summed E-state index contributed by atoms with van der Waals surface area (Å²) in [7, 11) is 0. The first kappa shape index (κ1) is 26.0. The van der Waals surface area contributed by atoms with Crippen LogP contribution in [0.15, 0.2) is 12.2 Å². The number of nitrogens with one attached hydrogen (secondary N) is 1. The fraction of sp³-hybridized carbons (Fsp3) is 0.821. The van der Waals surface area contributed by atoms with Crippen molar-refractivity contribution in [1.29, 1.82) is 0 Å². The summed E-state index contributed by atoms with van der Waals surface area (Å²) in [6.45, 7) is 12.7. The van der Waals surface area contributed by atoms with Gasteiger partial charge in [0, 0.05) is 18.3 Å². The largest absolute Gasteiger partial charge is 0.460 e. The van der Waals surface area contributed by atoms with E-state index in [4.69, 9.17) is 9.47 Å². The maximum atomic E-state index is 13.9. The minimum atomic E-state index is -2.28. The first-order valence-corrected chi connectivity index (χ1v) is 13.5. The standard InChI is InChI=1S/C28H41NO7/c1-15(2)18-6-7-19-26-14-35-28(34,22(32)21(26)25(4,5)11-8-20(26)31)27(19,16(3)30)23(18)36-24(33)17-9-12-29-13-10-17/h17-19,21-23,29,32,34H,1,6-14H2,2-5H3/t18-,19-,21+,22-,23+,26+,27+,28-/m0/s1. The van der Waals surface area contributed by atoms with Gasteiger partial charge >= 0.3 is 5.97 Å². The number of hydrogen-bond donors (Lipinski definition) is 3. The van der Waals surface area contributed by atoms with Crippen LogP contribution in [0, 0.1) is 39.9 Å². The third-order valence-corrected chi connectivity index (χ3v) is 10.6. The molecule has 3 heterocycles. The lowest BCUT2D eigenvalue weighted by molar-refractivity contribution is -0.441. The van der Waals surface area contributed by atoms with Gasteiger partial charge in [0.1, 0.15) is 29.2 Å². The third kappa shape index (κ3) is 3.10. The van der Waals surface area contributed by atoms with E-state index in [9.17, 15) is 24.6 Å². The fourth-order valence-electron chi connectivity index (χ4n) is 9.01. The van der Waals surface area contributed by atoms with Crippen LogP contribution in [0.25, 0.3) is 0 Å². The maximum absolute atomic E-state index is 13.9. The maximum Gasteiger partial charge on any atom is 0.309 e. The van der Waals surface area contributed by atoms with Crippen LogP contribution in [0.2, 0.25) is 0 Å². The second-order valence-electron chi connectivity index (χ2n) is 12.7. The Morgan fingerprint density at radius 2 is 1.81 bits per heavy atom. The SMILES string of the molecule is C=C(C)[C@@H]1CC[C@H]2[C@@]34CO[C@@](O)([C@@H](O)[C@@H]3C(C)(C)CCC4=O)[C@@]2(C(C)=O)[C@@H]1OC(=O)C1CCNCC1. The Bertz CT molecular complexity index is 986. The molecule has 3 N–H and O–H groups in total. The number of piperidine rings is 1. The van der Waals surface area contributed by atoms with E-state index in [0.29, 0.717) is 51.6 Å². The van der Waals surface area contributed by atoms with Crippen LogP contribution < -0.4 is 5.32 Å². The van der Waals surface area contributed by atoms with Gasteiger partial charge in [0.25, 0.3) is 0 Å². The number of ether oxygens (including phenoxy) is 2. The molecule has 0 aromatic heterocycles. The molecule has 8 atom stereocenters. The number of aliphatic hydroxyl groups excluding tert-OH is 1. The Balaban J connectivity index is 1.69. The van der Waals surface area contributed by atoms with Crippen LogP contribution in [0.3, 0.4) is 0 Å². The number of aliphatic hydroxyl groups is 2. The topological polar surface area (TPSA) is 122 Å².